The Morgan fingerprint density at radius 2 is 1.86 bits per heavy atom. The summed E-state index contributed by atoms with van der Waals surface area (Å²) in [5.41, 5.74) is -1.92. The molecule has 0 spiro atoms. The molecule has 0 amide bonds. The minimum atomic E-state index is -0.805. The molecule has 0 fully saturated rings. The number of hydrogen-bond acceptors (Lipinski definition) is 7. The second kappa shape index (κ2) is 5.00. The Kier molecular flexibility index (Phi) is 3.37. The molecule has 0 saturated carbocycles. The van der Waals surface area contributed by atoms with Crippen LogP contribution < -0.4 is 11.2 Å². The fourth-order valence-corrected chi connectivity index (χ4v) is 1.50. The fraction of sp³-hybridized carbons (Fsp3) is 0.300. The maximum absolute atomic E-state index is 11.9. The van der Waals surface area contributed by atoms with Gasteiger partial charge in [-0.2, -0.15) is 0 Å². The first-order chi connectivity index (χ1) is 9.86. The van der Waals surface area contributed by atoms with Crippen molar-refractivity contribution >= 4 is 17.6 Å². The van der Waals surface area contributed by atoms with E-state index in [1.165, 1.54) is 25.8 Å². The van der Waals surface area contributed by atoms with E-state index in [9.17, 15) is 14.7 Å². The van der Waals surface area contributed by atoms with Crippen LogP contribution in [0.1, 0.15) is 0 Å². The van der Waals surface area contributed by atoms with E-state index < -0.39 is 22.8 Å². The van der Waals surface area contributed by atoms with Crippen molar-refractivity contribution in [2.24, 2.45) is 31.4 Å². The van der Waals surface area contributed by atoms with Crippen molar-refractivity contribution < 1.29 is 5.11 Å². The van der Waals surface area contributed by atoms with Crippen LogP contribution in [0.5, 0.6) is 5.88 Å². The molecule has 0 radical (unpaired) electrons. The molecule has 1 N–H and O–H groups in total. The Balaban J connectivity index is 2.54. The molecule has 108 valence electrons. The van der Waals surface area contributed by atoms with Crippen LogP contribution in [-0.2, 0) is 21.1 Å². The Bertz CT molecular complexity index is 895. The molecule has 0 aromatic carbocycles. The van der Waals surface area contributed by atoms with Crippen LogP contribution in [0.15, 0.2) is 19.8 Å². The van der Waals surface area contributed by atoms with E-state index in [4.69, 9.17) is 6.57 Å². The van der Waals surface area contributed by atoms with Gasteiger partial charge in [0.25, 0.3) is 5.56 Å². The first kappa shape index (κ1) is 14.1. The van der Waals surface area contributed by atoms with Crippen molar-refractivity contribution in [3.8, 4) is 5.88 Å². The minimum absolute atomic E-state index is 0.00142. The third-order valence-corrected chi connectivity index (χ3v) is 2.68. The lowest BCUT2D eigenvalue weighted by molar-refractivity contribution is 0.413. The van der Waals surface area contributed by atoms with Gasteiger partial charge in [-0.15, -0.1) is 16.7 Å². The van der Waals surface area contributed by atoms with Crippen molar-refractivity contribution in [1.29, 1.82) is 0 Å². The minimum Gasteiger partial charge on any atom is -0.493 e. The second-order valence-corrected chi connectivity index (χ2v) is 4.03. The number of aromatic nitrogens is 5. The Hall–Kier alpha value is -3.29. The molecule has 2 aromatic heterocycles. The lowest BCUT2D eigenvalue weighted by Crippen LogP contribution is -2.36. The SMILES string of the molecule is [C-]#[N+]c1nc(N=Nc2c(O)n(C)c(=O)n(C)c2=O)nn1C. The molecule has 0 unspecified atom stereocenters. The quantitative estimate of drug-likeness (QED) is 0.610. The normalized spacial score (nSPS) is 11.0. The molecule has 11 heteroatoms. The van der Waals surface area contributed by atoms with E-state index in [2.05, 4.69) is 25.2 Å². The molecule has 11 nitrogen and oxygen atoms in total. The summed E-state index contributed by atoms with van der Waals surface area (Å²) in [5, 5.41) is 20.7. The molecule has 2 aromatic rings. The molecule has 0 bridgehead atoms. The summed E-state index contributed by atoms with van der Waals surface area (Å²) < 4.78 is 2.83. The van der Waals surface area contributed by atoms with E-state index in [1.54, 1.807) is 0 Å². The summed E-state index contributed by atoms with van der Waals surface area (Å²) in [7, 11) is 4.04. The predicted molar refractivity (Wildman–Crippen MR) is 70.0 cm³/mol. The van der Waals surface area contributed by atoms with Gasteiger partial charge in [-0.25, -0.2) is 9.48 Å². The Labute approximate surface area is 117 Å². The summed E-state index contributed by atoms with van der Waals surface area (Å²) >= 11 is 0. The van der Waals surface area contributed by atoms with E-state index in [1.807, 2.05) is 0 Å². The van der Waals surface area contributed by atoms with E-state index in [0.717, 1.165) is 9.13 Å². The Morgan fingerprint density at radius 1 is 1.19 bits per heavy atom. The van der Waals surface area contributed by atoms with Gasteiger partial charge in [-0.1, -0.05) is 10.2 Å². The first-order valence-corrected chi connectivity index (χ1v) is 5.56. The van der Waals surface area contributed by atoms with Crippen LogP contribution in [0.2, 0.25) is 0 Å². The zero-order chi connectivity index (χ0) is 15.7. The summed E-state index contributed by atoms with van der Waals surface area (Å²) in [6.45, 7) is 6.84. The third kappa shape index (κ3) is 2.29. The van der Waals surface area contributed by atoms with Gasteiger partial charge in [0, 0.05) is 14.1 Å². The average Bonchev–Trinajstić information content (AvgIpc) is 2.83. The first-order valence-electron chi connectivity index (χ1n) is 5.56. The zero-order valence-corrected chi connectivity index (χ0v) is 11.3. The van der Waals surface area contributed by atoms with Crippen LogP contribution in [0, 0.1) is 6.57 Å². The molecule has 0 aliphatic rings. The molecule has 2 rings (SSSR count). The number of rotatable bonds is 2. The van der Waals surface area contributed by atoms with Gasteiger partial charge < -0.3 is 9.95 Å². The van der Waals surface area contributed by atoms with Gasteiger partial charge in [-0.3, -0.25) is 13.9 Å². The number of aryl methyl sites for hydroxylation is 1. The maximum Gasteiger partial charge on any atom is 0.361 e. The van der Waals surface area contributed by atoms with E-state index in [-0.39, 0.29) is 11.9 Å². The average molecular weight is 290 g/mol. The van der Waals surface area contributed by atoms with Gasteiger partial charge in [-0.05, 0) is 0 Å². The standard InChI is InChI=1S/C10H10N8O3/c1-11-9-12-8(15-18(9)4)14-13-5-6(19)16(2)10(21)17(3)7(5)20/h19H,2-4H3. The van der Waals surface area contributed by atoms with E-state index >= 15 is 0 Å². The molecule has 0 saturated heterocycles. The smallest absolute Gasteiger partial charge is 0.361 e. The molecule has 21 heavy (non-hydrogen) atoms. The van der Waals surface area contributed by atoms with Crippen molar-refractivity contribution in [2.45, 2.75) is 0 Å². The largest absolute Gasteiger partial charge is 0.493 e. The molecular formula is C10H10N8O3. The van der Waals surface area contributed by atoms with Crippen LogP contribution >= 0.6 is 0 Å². The maximum atomic E-state index is 11.9. The van der Waals surface area contributed by atoms with Crippen molar-refractivity contribution in [3.05, 3.63) is 32.3 Å². The highest BCUT2D eigenvalue weighted by Crippen LogP contribution is 2.21. The monoisotopic (exact) mass is 290 g/mol. The lowest BCUT2D eigenvalue weighted by Gasteiger charge is -2.05. The highest BCUT2D eigenvalue weighted by molar-refractivity contribution is 5.44. The summed E-state index contributed by atoms with van der Waals surface area (Å²) in [6, 6.07) is 0. The van der Waals surface area contributed by atoms with Gasteiger partial charge in [0.15, 0.2) is 0 Å². The van der Waals surface area contributed by atoms with Crippen molar-refractivity contribution in [2.75, 3.05) is 0 Å². The third-order valence-electron chi connectivity index (χ3n) is 2.68. The molecule has 0 aliphatic carbocycles. The molecule has 0 aliphatic heterocycles. The molecular weight excluding hydrogens is 280 g/mol. The number of aromatic hydroxyl groups is 1. The van der Waals surface area contributed by atoms with Gasteiger partial charge in [0.05, 0.1) is 7.05 Å². The van der Waals surface area contributed by atoms with Crippen molar-refractivity contribution in [3.63, 3.8) is 0 Å². The van der Waals surface area contributed by atoms with Crippen molar-refractivity contribution in [1.82, 2.24) is 23.9 Å². The number of azo groups is 1. The van der Waals surface area contributed by atoms with Crippen LogP contribution in [0.25, 0.3) is 4.85 Å². The summed E-state index contributed by atoms with van der Waals surface area (Å²) in [6.07, 6.45) is 0. The van der Waals surface area contributed by atoms with Gasteiger partial charge in [0.2, 0.25) is 11.6 Å². The predicted octanol–water partition coefficient (Wildman–Crippen LogP) is -0.116. The zero-order valence-electron chi connectivity index (χ0n) is 11.3. The topological polar surface area (TPSA) is 124 Å². The summed E-state index contributed by atoms with van der Waals surface area (Å²) in [4.78, 5) is 30.3. The summed E-state index contributed by atoms with van der Waals surface area (Å²) in [5.74, 6) is -0.756. The second-order valence-electron chi connectivity index (χ2n) is 4.03. The Morgan fingerprint density at radius 3 is 2.43 bits per heavy atom. The van der Waals surface area contributed by atoms with Crippen LogP contribution in [0.3, 0.4) is 0 Å². The molecule has 0 atom stereocenters. The van der Waals surface area contributed by atoms with Gasteiger partial charge in [0.1, 0.15) is 0 Å². The number of nitrogens with zero attached hydrogens (tertiary/aromatic N) is 8. The van der Waals surface area contributed by atoms with Crippen LogP contribution in [-0.4, -0.2) is 29.0 Å². The number of hydrogen-bond donors (Lipinski definition) is 1. The highest BCUT2D eigenvalue weighted by atomic mass is 16.3. The van der Waals surface area contributed by atoms with E-state index in [0.29, 0.717) is 0 Å². The fourth-order valence-electron chi connectivity index (χ4n) is 1.50. The lowest BCUT2D eigenvalue weighted by atomic mass is 10.5. The van der Waals surface area contributed by atoms with Crippen LogP contribution in [0.4, 0.5) is 17.6 Å². The highest BCUT2D eigenvalue weighted by Gasteiger charge is 2.15. The van der Waals surface area contributed by atoms with Gasteiger partial charge >= 0.3 is 17.6 Å². The molecule has 2 heterocycles.